The molecule has 0 heterocycles. The molecule has 0 bridgehead atoms. The van der Waals surface area contributed by atoms with Gasteiger partial charge in [0, 0.05) is 18.1 Å². The fourth-order valence-corrected chi connectivity index (χ4v) is 2.37. The molecule has 20 heavy (non-hydrogen) atoms. The average Bonchev–Trinajstić information content (AvgIpc) is 2.89. The van der Waals surface area contributed by atoms with Gasteiger partial charge in [-0.2, -0.15) is 0 Å². The highest BCUT2D eigenvalue weighted by molar-refractivity contribution is 6.22. The van der Waals surface area contributed by atoms with Crippen LogP contribution in [-0.4, -0.2) is 22.9 Å². The van der Waals surface area contributed by atoms with Crippen LogP contribution < -0.4 is 4.90 Å². The van der Waals surface area contributed by atoms with E-state index in [9.17, 15) is 14.4 Å². The number of para-hydroxylation sites is 1. The topological polar surface area (TPSA) is 74.7 Å². The summed E-state index contributed by atoms with van der Waals surface area (Å²) in [6.45, 7) is 1.29. The SMILES string of the molecule is CC(=O)N(C(=O)C1=C(C(=O)O)CCC1)c1ccccc1. The molecule has 2 amide bonds. The third-order valence-corrected chi connectivity index (χ3v) is 3.27. The fraction of sp³-hybridized carbons (Fsp3) is 0.267. The smallest absolute Gasteiger partial charge is 0.332 e. The molecule has 0 spiro atoms. The van der Waals surface area contributed by atoms with Crippen molar-refractivity contribution in [2.24, 2.45) is 0 Å². The van der Waals surface area contributed by atoms with E-state index in [4.69, 9.17) is 5.11 Å². The zero-order chi connectivity index (χ0) is 14.7. The minimum Gasteiger partial charge on any atom is -0.478 e. The van der Waals surface area contributed by atoms with Crippen LogP contribution in [0.1, 0.15) is 26.2 Å². The Bertz CT molecular complexity index is 589. The van der Waals surface area contributed by atoms with Crippen molar-refractivity contribution >= 4 is 23.5 Å². The predicted molar refractivity (Wildman–Crippen MR) is 73.1 cm³/mol. The van der Waals surface area contributed by atoms with E-state index in [0.717, 1.165) is 4.90 Å². The average molecular weight is 273 g/mol. The second-order valence-corrected chi connectivity index (χ2v) is 4.61. The van der Waals surface area contributed by atoms with Crippen molar-refractivity contribution in [3.05, 3.63) is 41.5 Å². The van der Waals surface area contributed by atoms with Crippen LogP contribution in [-0.2, 0) is 14.4 Å². The minimum atomic E-state index is -1.08. The number of nitrogens with zero attached hydrogens (tertiary/aromatic N) is 1. The number of benzene rings is 1. The molecule has 0 saturated carbocycles. The number of carboxylic acid groups (broad SMARTS) is 1. The normalized spacial score (nSPS) is 14.2. The van der Waals surface area contributed by atoms with Crippen molar-refractivity contribution in [1.82, 2.24) is 0 Å². The molecule has 1 aliphatic rings. The van der Waals surface area contributed by atoms with E-state index in [0.29, 0.717) is 24.9 Å². The number of carbonyl (C=O) groups is 3. The summed E-state index contributed by atoms with van der Waals surface area (Å²) >= 11 is 0. The number of amides is 2. The van der Waals surface area contributed by atoms with Crippen molar-refractivity contribution < 1.29 is 19.5 Å². The van der Waals surface area contributed by atoms with Crippen LogP contribution in [0.3, 0.4) is 0 Å². The third kappa shape index (κ3) is 2.61. The number of carboxylic acids is 1. The quantitative estimate of drug-likeness (QED) is 0.915. The van der Waals surface area contributed by atoms with Crippen LogP contribution in [0.5, 0.6) is 0 Å². The Balaban J connectivity index is 2.41. The molecule has 0 aromatic heterocycles. The second-order valence-electron chi connectivity index (χ2n) is 4.61. The molecule has 0 aliphatic heterocycles. The van der Waals surface area contributed by atoms with Crippen molar-refractivity contribution in [2.75, 3.05) is 4.90 Å². The van der Waals surface area contributed by atoms with Gasteiger partial charge in [0.25, 0.3) is 5.91 Å². The van der Waals surface area contributed by atoms with Crippen LogP contribution in [0.2, 0.25) is 0 Å². The van der Waals surface area contributed by atoms with Gasteiger partial charge in [-0.25, -0.2) is 9.69 Å². The molecule has 0 radical (unpaired) electrons. The van der Waals surface area contributed by atoms with Gasteiger partial charge >= 0.3 is 5.97 Å². The van der Waals surface area contributed by atoms with Gasteiger partial charge in [0.15, 0.2) is 0 Å². The van der Waals surface area contributed by atoms with E-state index in [-0.39, 0.29) is 11.1 Å². The molecule has 0 fully saturated rings. The Kier molecular flexibility index (Phi) is 3.98. The Morgan fingerprint density at radius 2 is 1.65 bits per heavy atom. The van der Waals surface area contributed by atoms with Gasteiger partial charge in [0.05, 0.1) is 5.69 Å². The molecule has 1 aromatic carbocycles. The molecule has 0 atom stereocenters. The summed E-state index contributed by atoms with van der Waals surface area (Å²) in [5, 5.41) is 9.11. The summed E-state index contributed by atoms with van der Waals surface area (Å²) in [4.78, 5) is 36.4. The maximum Gasteiger partial charge on any atom is 0.332 e. The van der Waals surface area contributed by atoms with Gasteiger partial charge in [-0.1, -0.05) is 18.2 Å². The zero-order valence-electron chi connectivity index (χ0n) is 11.1. The Morgan fingerprint density at radius 1 is 1.05 bits per heavy atom. The highest BCUT2D eigenvalue weighted by Crippen LogP contribution is 2.29. The summed E-state index contributed by atoms with van der Waals surface area (Å²) in [5.74, 6) is -2.04. The number of rotatable bonds is 3. The maximum atomic E-state index is 12.5. The first-order valence-corrected chi connectivity index (χ1v) is 6.37. The van der Waals surface area contributed by atoms with E-state index < -0.39 is 17.8 Å². The summed E-state index contributed by atoms with van der Waals surface area (Å²) in [6.07, 6.45) is 1.40. The molecular formula is C15H15NO4. The molecule has 1 N–H and O–H groups in total. The lowest BCUT2D eigenvalue weighted by Crippen LogP contribution is -2.36. The number of hydrogen-bond donors (Lipinski definition) is 1. The Hall–Kier alpha value is -2.43. The zero-order valence-corrected chi connectivity index (χ0v) is 11.1. The largest absolute Gasteiger partial charge is 0.478 e. The minimum absolute atomic E-state index is 0.122. The molecular weight excluding hydrogens is 258 g/mol. The number of hydrogen-bond acceptors (Lipinski definition) is 3. The maximum absolute atomic E-state index is 12.5. The molecule has 0 saturated heterocycles. The van der Waals surface area contributed by atoms with E-state index in [1.807, 2.05) is 0 Å². The first kappa shape index (κ1) is 14.0. The van der Waals surface area contributed by atoms with E-state index in [1.54, 1.807) is 30.3 Å². The van der Waals surface area contributed by atoms with Crippen molar-refractivity contribution in [1.29, 1.82) is 0 Å². The summed E-state index contributed by atoms with van der Waals surface area (Å²) in [6, 6.07) is 8.52. The van der Waals surface area contributed by atoms with Crippen LogP contribution >= 0.6 is 0 Å². The van der Waals surface area contributed by atoms with Gasteiger partial charge in [0.2, 0.25) is 5.91 Å². The number of carbonyl (C=O) groups excluding carboxylic acids is 2. The Morgan fingerprint density at radius 3 is 2.20 bits per heavy atom. The monoisotopic (exact) mass is 273 g/mol. The molecule has 0 unspecified atom stereocenters. The van der Waals surface area contributed by atoms with Gasteiger partial charge < -0.3 is 5.11 Å². The number of anilines is 1. The van der Waals surface area contributed by atoms with Crippen LogP contribution in [0, 0.1) is 0 Å². The second kappa shape index (κ2) is 5.69. The first-order chi connectivity index (χ1) is 9.52. The molecule has 1 aliphatic carbocycles. The number of imide groups is 1. The van der Waals surface area contributed by atoms with E-state index >= 15 is 0 Å². The fourth-order valence-electron chi connectivity index (χ4n) is 2.37. The highest BCUT2D eigenvalue weighted by atomic mass is 16.4. The van der Waals surface area contributed by atoms with Crippen LogP contribution in [0.25, 0.3) is 0 Å². The van der Waals surface area contributed by atoms with Crippen LogP contribution in [0.4, 0.5) is 5.69 Å². The first-order valence-electron chi connectivity index (χ1n) is 6.37. The van der Waals surface area contributed by atoms with Gasteiger partial charge in [-0.15, -0.1) is 0 Å². The molecule has 5 nitrogen and oxygen atoms in total. The summed E-state index contributed by atoms with van der Waals surface area (Å²) < 4.78 is 0. The molecule has 2 rings (SSSR count). The lowest BCUT2D eigenvalue weighted by molar-refractivity contribution is -0.133. The van der Waals surface area contributed by atoms with Gasteiger partial charge in [0.1, 0.15) is 0 Å². The van der Waals surface area contributed by atoms with E-state index in [1.165, 1.54) is 6.92 Å². The molecule has 104 valence electrons. The highest BCUT2D eigenvalue weighted by Gasteiger charge is 2.30. The third-order valence-electron chi connectivity index (χ3n) is 3.27. The molecule has 1 aromatic rings. The standard InChI is InChI=1S/C15H15NO4/c1-10(17)16(11-6-3-2-4-7-11)14(18)12-8-5-9-13(12)15(19)20/h2-4,6-7H,5,8-9H2,1H3,(H,19,20). The molecule has 5 heteroatoms. The van der Waals surface area contributed by atoms with Crippen molar-refractivity contribution in [3.8, 4) is 0 Å². The van der Waals surface area contributed by atoms with E-state index in [2.05, 4.69) is 0 Å². The predicted octanol–water partition coefficient (Wildman–Crippen LogP) is 2.13. The van der Waals surface area contributed by atoms with Crippen molar-refractivity contribution in [2.45, 2.75) is 26.2 Å². The van der Waals surface area contributed by atoms with Gasteiger partial charge in [-0.3, -0.25) is 9.59 Å². The summed E-state index contributed by atoms with van der Waals surface area (Å²) in [5.41, 5.74) is 0.808. The van der Waals surface area contributed by atoms with Crippen LogP contribution in [0.15, 0.2) is 41.5 Å². The Labute approximate surface area is 116 Å². The lowest BCUT2D eigenvalue weighted by Gasteiger charge is -2.20. The summed E-state index contributed by atoms with van der Waals surface area (Å²) in [7, 11) is 0. The number of aliphatic carboxylic acids is 1. The van der Waals surface area contributed by atoms with Gasteiger partial charge in [-0.05, 0) is 31.4 Å². The van der Waals surface area contributed by atoms with Crippen molar-refractivity contribution in [3.63, 3.8) is 0 Å². The lowest BCUT2D eigenvalue weighted by atomic mass is 10.1.